The molecular formula is C19H24FIN6S. The van der Waals surface area contributed by atoms with Crippen LogP contribution in [0.4, 0.5) is 4.39 Å². The minimum Gasteiger partial charge on any atom is -0.356 e. The number of imidazole rings is 1. The predicted octanol–water partition coefficient (Wildman–Crippen LogP) is 3.61. The van der Waals surface area contributed by atoms with Gasteiger partial charge in [0.05, 0.1) is 22.7 Å². The molecule has 0 fully saturated rings. The maximum absolute atomic E-state index is 14.3. The lowest BCUT2D eigenvalue weighted by Gasteiger charge is -2.12. The molecule has 0 bridgehead atoms. The van der Waals surface area contributed by atoms with Crippen LogP contribution in [0.15, 0.2) is 41.9 Å². The van der Waals surface area contributed by atoms with E-state index in [4.69, 9.17) is 0 Å². The third-order valence-electron chi connectivity index (χ3n) is 4.18. The fourth-order valence-corrected chi connectivity index (χ4v) is 3.55. The molecule has 0 saturated carbocycles. The molecule has 6 nitrogen and oxygen atoms in total. The Morgan fingerprint density at radius 3 is 2.71 bits per heavy atom. The number of guanidine groups is 1. The lowest BCUT2D eigenvalue weighted by atomic mass is 10.2. The molecule has 3 aromatic rings. The van der Waals surface area contributed by atoms with Gasteiger partial charge in [-0.2, -0.15) is 0 Å². The maximum Gasteiger partial charge on any atom is 0.191 e. The van der Waals surface area contributed by atoms with Crippen LogP contribution in [0.1, 0.15) is 21.1 Å². The average molecular weight is 514 g/mol. The molecule has 28 heavy (non-hydrogen) atoms. The normalized spacial score (nSPS) is 11.2. The van der Waals surface area contributed by atoms with Crippen molar-refractivity contribution in [1.29, 1.82) is 0 Å². The van der Waals surface area contributed by atoms with E-state index in [0.717, 1.165) is 29.2 Å². The van der Waals surface area contributed by atoms with Crippen LogP contribution in [-0.4, -0.2) is 34.1 Å². The summed E-state index contributed by atoms with van der Waals surface area (Å²) in [6, 6.07) is 5.16. The van der Waals surface area contributed by atoms with Crippen molar-refractivity contribution in [3.63, 3.8) is 0 Å². The molecule has 0 aliphatic heterocycles. The van der Waals surface area contributed by atoms with Gasteiger partial charge < -0.3 is 15.2 Å². The summed E-state index contributed by atoms with van der Waals surface area (Å²) in [6.07, 6.45) is 5.76. The largest absolute Gasteiger partial charge is 0.356 e. The molecule has 2 aromatic heterocycles. The standard InChI is InChI=1S/C19H23FN6S.HI/c1-13-14(2)27-18(25-13)6-7-23-19(21-3)24-11-15-4-5-17(16(20)10-15)26-9-8-22-12-26;/h4-5,8-10,12H,6-7,11H2,1-3H3,(H2,21,23,24);1H. The van der Waals surface area contributed by atoms with E-state index in [-0.39, 0.29) is 29.8 Å². The lowest BCUT2D eigenvalue weighted by molar-refractivity contribution is 0.615. The van der Waals surface area contributed by atoms with Crippen LogP contribution in [0.25, 0.3) is 5.69 Å². The maximum atomic E-state index is 14.3. The highest BCUT2D eigenvalue weighted by molar-refractivity contribution is 14.0. The van der Waals surface area contributed by atoms with E-state index >= 15 is 0 Å². The molecule has 2 N–H and O–H groups in total. The zero-order valence-electron chi connectivity index (χ0n) is 16.1. The Kier molecular flexibility index (Phi) is 8.36. The molecule has 0 saturated heterocycles. The van der Waals surface area contributed by atoms with Gasteiger partial charge in [0, 0.05) is 43.8 Å². The Labute approximate surface area is 185 Å². The summed E-state index contributed by atoms with van der Waals surface area (Å²) in [4.78, 5) is 13.9. The van der Waals surface area contributed by atoms with Crippen molar-refractivity contribution in [2.45, 2.75) is 26.8 Å². The van der Waals surface area contributed by atoms with Gasteiger partial charge in [-0.3, -0.25) is 4.99 Å². The second-order valence-corrected chi connectivity index (χ2v) is 7.40. The van der Waals surface area contributed by atoms with Gasteiger partial charge in [-0.25, -0.2) is 14.4 Å². The van der Waals surface area contributed by atoms with Crippen LogP contribution in [0.2, 0.25) is 0 Å². The number of rotatable bonds is 6. The van der Waals surface area contributed by atoms with E-state index < -0.39 is 0 Å². The van der Waals surface area contributed by atoms with Crippen LogP contribution in [0.5, 0.6) is 0 Å². The zero-order chi connectivity index (χ0) is 19.2. The molecule has 150 valence electrons. The van der Waals surface area contributed by atoms with Gasteiger partial charge in [0.25, 0.3) is 0 Å². The smallest absolute Gasteiger partial charge is 0.191 e. The summed E-state index contributed by atoms with van der Waals surface area (Å²) in [5.74, 6) is 0.392. The second kappa shape index (κ2) is 10.5. The summed E-state index contributed by atoms with van der Waals surface area (Å²) in [5.41, 5.74) is 2.41. The third-order valence-corrected chi connectivity index (χ3v) is 5.31. The van der Waals surface area contributed by atoms with E-state index in [9.17, 15) is 4.39 Å². The van der Waals surface area contributed by atoms with Crippen molar-refractivity contribution < 1.29 is 4.39 Å². The van der Waals surface area contributed by atoms with Crippen LogP contribution in [-0.2, 0) is 13.0 Å². The topological polar surface area (TPSA) is 67.1 Å². The summed E-state index contributed by atoms with van der Waals surface area (Å²) in [6.45, 7) is 5.33. The van der Waals surface area contributed by atoms with E-state index in [1.807, 2.05) is 13.0 Å². The molecule has 0 atom stereocenters. The van der Waals surface area contributed by atoms with Crippen LogP contribution >= 0.6 is 35.3 Å². The van der Waals surface area contributed by atoms with Crippen molar-refractivity contribution in [2.24, 2.45) is 4.99 Å². The Morgan fingerprint density at radius 1 is 1.29 bits per heavy atom. The van der Waals surface area contributed by atoms with Gasteiger partial charge in [-0.05, 0) is 31.5 Å². The summed E-state index contributed by atoms with van der Waals surface area (Å²) < 4.78 is 16.0. The van der Waals surface area contributed by atoms with Crippen molar-refractivity contribution in [1.82, 2.24) is 25.2 Å². The van der Waals surface area contributed by atoms with Gasteiger partial charge in [-0.15, -0.1) is 35.3 Å². The SMILES string of the molecule is CN=C(NCCc1nc(C)c(C)s1)NCc1ccc(-n2ccnc2)c(F)c1.I. The second-order valence-electron chi connectivity index (χ2n) is 6.11. The van der Waals surface area contributed by atoms with Crippen molar-refractivity contribution in [3.8, 4) is 5.69 Å². The first-order valence-electron chi connectivity index (χ1n) is 8.71. The molecule has 0 aliphatic carbocycles. The highest BCUT2D eigenvalue weighted by atomic mass is 127. The van der Waals surface area contributed by atoms with Crippen LogP contribution in [0.3, 0.4) is 0 Å². The lowest BCUT2D eigenvalue weighted by Crippen LogP contribution is -2.37. The molecule has 0 unspecified atom stereocenters. The first-order valence-corrected chi connectivity index (χ1v) is 9.52. The highest BCUT2D eigenvalue weighted by Crippen LogP contribution is 2.16. The van der Waals surface area contributed by atoms with Gasteiger partial charge in [0.1, 0.15) is 5.82 Å². The number of hydrogen-bond acceptors (Lipinski definition) is 4. The number of aryl methyl sites for hydroxylation is 2. The monoisotopic (exact) mass is 514 g/mol. The molecule has 2 heterocycles. The minimum atomic E-state index is -0.287. The third kappa shape index (κ3) is 5.74. The Morgan fingerprint density at radius 2 is 2.11 bits per heavy atom. The molecule has 0 spiro atoms. The van der Waals surface area contributed by atoms with Gasteiger partial charge in [-0.1, -0.05) is 6.07 Å². The van der Waals surface area contributed by atoms with Gasteiger partial charge in [0.2, 0.25) is 0 Å². The molecule has 9 heteroatoms. The van der Waals surface area contributed by atoms with Gasteiger partial charge in [0.15, 0.2) is 5.96 Å². The first-order chi connectivity index (χ1) is 13.1. The molecular weight excluding hydrogens is 490 g/mol. The fraction of sp³-hybridized carbons (Fsp3) is 0.316. The Bertz CT molecular complexity index is 903. The number of halogens is 2. The zero-order valence-corrected chi connectivity index (χ0v) is 19.2. The number of nitrogens with one attached hydrogen (secondary N) is 2. The Hall–Kier alpha value is -2.01. The molecule has 3 rings (SSSR count). The molecule has 0 amide bonds. The van der Waals surface area contributed by atoms with E-state index in [1.165, 1.54) is 10.9 Å². The van der Waals surface area contributed by atoms with E-state index in [2.05, 4.69) is 32.5 Å². The van der Waals surface area contributed by atoms with Crippen molar-refractivity contribution in [3.05, 3.63) is 63.9 Å². The number of benzene rings is 1. The number of aliphatic imine (C=N–C) groups is 1. The number of nitrogens with zero attached hydrogens (tertiary/aromatic N) is 4. The highest BCUT2D eigenvalue weighted by Gasteiger charge is 2.07. The molecule has 0 radical (unpaired) electrons. The summed E-state index contributed by atoms with van der Waals surface area (Å²) in [7, 11) is 1.72. The van der Waals surface area contributed by atoms with Crippen molar-refractivity contribution in [2.75, 3.05) is 13.6 Å². The van der Waals surface area contributed by atoms with E-state index in [0.29, 0.717) is 18.2 Å². The first kappa shape index (κ1) is 22.3. The van der Waals surface area contributed by atoms with Crippen LogP contribution in [0, 0.1) is 19.7 Å². The number of aromatic nitrogens is 3. The molecule has 0 aliphatic rings. The fourth-order valence-electron chi connectivity index (χ4n) is 2.61. The average Bonchev–Trinajstić information content (AvgIpc) is 3.28. The van der Waals surface area contributed by atoms with Crippen LogP contribution < -0.4 is 10.6 Å². The van der Waals surface area contributed by atoms with E-state index in [1.54, 1.807) is 47.7 Å². The molecule has 1 aromatic carbocycles. The number of hydrogen-bond donors (Lipinski definition) is 2. The summed E-state index contributed by atoms with van der Waals surface area (Å²) in [5, 5.41) is 7.59. The quantitative estimate of drug-likeness (QED) is 0.300. The predicted molar refractivity (Wildman–Crippen MR) is 122 cm³/mol. The number of thiazole rings is 1. The van der Waals surface area contributed by atoms with Crippen molar-refractivity contribution >= 4 is 41.3 Å². The summed E-state index contributed by atoms with van der Waals surface area (Å²) >= 11 is 1.73. The Balaban J connectivity index is 0.00000280. The van der Waals surface area contributed by atoms with Gasteiger partial charge >= 0.3 is 0 Å². The minimum absolute atomic E-state index is 0.